The molecule has 3 rings (SSSR count). The number of rotatable bonds is 8. The smallest absolute Gasteiger partial charge is 0.382 e. The second kappa shape index (κ2) is 13.3. The van der Waals surface area contributed by atoms with Crippen LogP contribution in [0.5, 0.6) is 5.75 Å². The SMILES string of the molecule is CCOCC.O=S(=O)(O)Oc1cccc(/C=C/c2ccccc2)c1/C=C/c1ccccc1. The molecule has 5 nitrogen and oxygen atoms in total. The molecule has 0 aliphatic rings. The predicted molar refractivity (Wildman–Crippen MR) is 132 cm³/mol. The second-order valence-corrected chi connectivity index (χ2v) is 7.56. The van der Waals surface area contributed by atoms with Crippen LogP contribution >= 0.6 is 0 Å². The fourth-order valence-electron chi connectivity index (χ4n) is 2.77. The van der Waals surface area contributed by atoms with Crippen LogP contribution in [0.4, 0.5) is 0 Å². The third-order valence-corrected chi connectivity index (χ3v) is 4.59. The molecule has 0 saturated carbocycles. The van der Waals surface area contributed by atoms with Crippen LogP contribution in [0.25, 0.3) is 24.3 Å². The Hall–Kier alpha value is -3.19. The molecule has 0 bridgehead atoms. The topological polar surface area (TPSA) is 72.8 Å². The number of hydrogen-bond acceptors (Lipinski definition) is 4. The van der Waals surface area contributed by atoms with E-state index in [0.717, 1.165) is 29.9 Å². The molecule has 3 aromatic rings. The van der Waals surface area contributed by atoms with E-state index in [-0.39, 0.29) is 5.75 Å². The van der Waals surface area contributed by atoms with Crippen molar-refractivity contribution in [3.63, 3.8) is 0 Å². The molecule has 0 aliphatic heterocycles. The first-order chi connectivity index (χ1) is 15.4. The van der Waals surface area contributed by atoms with Crippen molar-refractivity contribution in [2.45, 2.75) is 13.8 Å². The minimum Gasteiger partial charge on any atom is -0.382 e. The number of ether oxygens (including phenoxy) is 1. The van der Waals surface area contributed by atoms with Crippen LogP contribution in [0.1, 0.15) is 36.1 Å². The van der Waals surface area contributed by atoms with Crippen LogP contribution in [-0.2, 0) is 15.1 Å². The summed E-state index contributed by atoms with van der Waals surface area (Å²) >= 11 is 0. The average Bonchev–Trinajstić information content (AvgIpc) is 2.78. The zero-order valence-corrected chi connectivity index (χ0v) is 19.0. The van der Waals surface area contributed by atoms with Gasteiger partial charge in [-0.3, -0.25) is 4.55 Å². The van der Waals surface area contributed by atoms with Gasteiger partial charge in [-0.2, -0.15) is 8.42 Å². The van der Waals surface area contributed by atoms with Gasteiger partial charge >= 0.3 is 10.4 Å². The molecule has 0 atom stereocenters. The molecule has 0 heterocycles. The maximum atomic E-state index is 11.2. The van der Waals surface area contributed by atoms with Crippen molar-refractivity contribution in [2.75, 3.05) is 13.2 Å². The first-order valence-corrected chi connectivity index (χ1v) is 11.6. The van der Waals surface area contributed by atoms with Gasteiger partial charge in [0.1, 0.15) is 0 Å². The van der Waals surface area contributed by atoms with E-state index in [0.29, 0.717) is 5.56 Å². The molecule has 168 valence electrons. The summed E-state index contributed by atoms with van der Waals surface area (Å²) in [4.78, 5) is 0. The van der Waals surface area contributed by atoms with Crippen LogP contribution < -0.4 is 4.18 Å². The highest BCUT2D eigenvalue weighted by atomic mass is 32.3. The van der Waals surface area contributed by atoms with Crippen molar-refractivity contribution >= 4 is 34.7 Å². The third kappa shape index (κ3) is 9.31. The summed E-state index contributed by atoms with van der Waals surface area (Å²) in [5.41, 5.74) is 3.27. The molecule has 0 aromatic heterocycles. The quantitative estimate of drug-likeness (QED) is 0.323. The van der Waals surface area contributed by atoms with Gasteiger partial charge in [-0.15, -0.1) is 0 Å². The minimum atomic E-state index is -4.62. The Bertz CT molecular complexity index is 1100. The predicted octanol–water partition coefficient (Wildman–Crippen LogP) is 6.25. The van der Waals surface area contributed by atoms with Crippen molar-refractivity contribution in [2.24, 2.45) is 0 Å². The summed E-state index contributed by atoms with van der Waals surface area (Å²) in [6.07, 6.45) is 7.41. The number of hydrogen-bond donors (Lipinski definition) is 1. The summed E-state index contributed by atoms with van der Waals surface area (Å²) in [5.74, 6) is 0.0555. The van der Waals surface area contributed by atoms with Gasteiger partial charge < -0.3 is 8.92 Å². The highest BCUT2D eigenvalue weighted by Crippen LogP contribution is 2.27. The van der Waals surface area contributed by atoms with Gasteiger partial charge in [0.15, 0.2) is 5.75 Å². The van der Waals surface area contributed by atoms with Crippen LogP contribution in [0.15, 0.2) is 78.9 Å². The van der Waals surface area contributed by atoms with Crippen LogP contribution in [0, 0.1) is 0 Å². The maximum absolute atomic E-state index is 11.2. The zero-order valence-electron chi connectivity index (χ0n) is 18.2. The van der Waals surface area contributed by atoms with Gasteiger partial charge in [0.25, 0.3) is 0 Å². The van der Waals surface area contributed by atoms with Crippen LogP contribution in [0.2, 0.25) is 0 Å². The molecule has 0 saturated heterocycles. The molecule has 0 spiro atoms. The van der Waals surface area contributed by atoms with Gasteiger partial charge in [-0.25, -0.2) is 0 Å². The van der Waals surface area contributed by atoms with E-state index in [4.69, 9.17) is 13.5 Å². The van der Waals surface area contributed by atoms with E-state index >= 15 is 0 Å². The Kier molecular flexibility index (Phi) is 10.4. The highest BCUT2D eigenvalue weighted by Gasteiger charge is 2.12. The lowest BCUT2D eigenvalue weighted by Gasteiger charge is -2.09. The van der Waals surface area contributed by atoms with Gasteiger partial charge in [0, 0.05) is 18.8 Å². The third-order valence-electron chi connectivity index (χ3n) is 4.20. The van der Waals surface area contributed by atoms with Crippen molar-refractivity contribution in [3.05, 3.63) is 101 Å². The highest BCUT2D eigenvalue weighted by molar-refractivity contribution is 7.81. The van der Waals surface area contributed by atoms with Crippen molar-refractivity contribution in [3.8, 4) is 5.75 Å². The lowest BCUT2D eigenvalue weighted by atomic mass is 10.0. The molecule has 0 fully saturated rings. The minimum absolute atomic E-state index is 0.0555. The summed E-state index contributed by atoms with van der Waals surface area (Å²) in [5, 5.41) is 0. The van der Waals surface area contributed by atoms with Crippen LogP contribution in [-0.4, -0.2) is 26.2 Å². The second-order valence-electron chi connectivity index (χ2n) is 6.54. The molecule has 32 heavy (non-hydrogen) atoms. The van der Waals surface area contributed by atoms with Gasteiger partial charge in [0.05, 0.1) is 0 Å². The molecular formula is C26H28O5S. The van der Waals surface area contributed by atoms with Crippen LogP contribution in [0.3, 0.4) is 0 Å². The summed E-state index contributed by atoms with van der Waals surface area (Å²) in [7, 11) is -4.62. The summed E-state index contributed by atoms with van der Waals surface area (Å²) in [6, 6.07) is 24.4. The lowest BCUT2D eigenvalue weighted by Crippen LogP contribution is -2.08. The van der Waals surface area contributed by atoms with Gasteiger partial charge in [0.2, 0.25) is 0 Å². The Balaban J connectivity index is 0.000000654. The maximum Gasteiger partial charge on any atom is 0.446 e. The Morgan fingerprint density at radius 2 is 1.25 bits per heavy atom. The standard InChI is InChI=1S/C22H18O4S.C4H10O/c23-27(24,25)26-22-13-7-12-20(16-14-18-8-3-1-4-9-18)21(22)17-15-19-10-5-2-6-11-19;1-3-5-4-2/h1-17H,(H,23,24,25);3-4H2,1-2H3/b16-14+,17-15+;. The average molecular weight is 453 g/mol. The van der Waals surface area contributed by atoms with Gasteiger partial charge in [-0.1, -0.05) is 91.0 Å². The Labute approximate surface area is 190 Å². The molecule has 3 aromatic carbocycles. The summed E-state index contributed by atoms with van der Waals surface area (Å²) in [6.45, 7) is 5.67. The number of benzene rings is 3. The van der Waals surface area contributed by atoms with Crippen molar-refractivity contribution < 1.29 is 21.9 Å². The molecule has 0 amide bonds. The first kappa shape index (κ1) is 25.1. The molecule has 0 radical (unpaired) electrons. The van der Waals surface area contributed by atoms with Crippen molar-refractivity contribution in [1.29, 1.82) is 0 Å². The normalized spacial score (nSPS) is 11.3. The fourth-order valence-corrected chi connectivity index (χ4v) is 3.14. The molecular weight excluding hydrogens is 424 g/mol. The molecule has 0 unspecified atom stereocenters. The van der Waals surface area contributed by atoms with E-state index in [1.807, 2.05) is 98.8 Å². The zero-order chi connectivity index (χ0) is 23.2. The van der Waals surface area contributed by atoms with E-state index in [9.17, 15) is 8.42 Å². The van der Waals surface area contributed by atoms with Gasteiger partial charge in [-0.05, 0) is 42.7 Å². The molecule has 1 N–H and O–H groups in total. The molecule has 0 aliphatic carbocycles. The van der Waals surface area contributed by atoms with E-state index in [1.165, 1.54) is 6.07 Å². The fraction of sp³-hybridized carbons (Fsp3) is 0.154. The monoisotopic (exact) mass is 452 g/mol. The Morgan fingerprint density at radius 1 is 0.719 bits per heavy atom. The van der Waals surface area contributed by atoms with E-state index in [1.54, 1.807) is 12.1 Å². The Morgan fingerprint density at radius 3 is 1.72 bits per heavy atom. The van der Waals surface area contributed by atoms with Crippen molar-refractivity contribution in [1.82, 2.24) is 0 Å². The lowest BCUT2D eigenvalue weighted by molar-refractivity contribution is 0.162. The largest absolute Gasteiger partial charge is 0.446 e. The van der Waals surface area contributed by atoms with E-state index < -0.39 is 10.4 Å². The summed E-state index contributed by atoms with van der Waals surface area (Å²) < 4.78 is 41.1. The van der Waals surface area contributed by atoms with E-state index in [2.05, 4.69) is 0 Å². The first-order valence-electron chi connectivity index (χ1n) is 10.3. The molecule has 6 heteroatoms.